The number of hydrogen-bond acceptors (Lipinski definition) is 6. The monoisotopic (exact) mass is 335 g/mol. The van der Waals surface area contributed by atoms with Crippen LogP contribution in [0.15, 0.2) is 18.2 Å². The Morgan fingerprint density at radius 2 is 2.00 bits per heavy atom. The Bertz CT molecular complexity index is 641. The number of nitrogens with zero attached hydrogens (tertiary/aromatic N) is 3. The Morgan fingerprint density at radius 1 is 1.33 bits per heavy atom. The third-order valence-corrected chi connectivity index (χ3v) is 3.70. The van der Waals surface area contributed by atoms with Gasteiger partial charge in [0.1, 0.15) is 6.54 Å². The summed E-state index contributed by atoms with van der Waals surface area (Å²) in [5.74, 6) is -0.489. The highest BCUT2D eigenvalue weighted by Crippen LogP contribution is 2.35. The molecule has 0 radical (unpaired) electrons. The summed E-state index contributed by atoms with van der Waals surface area (Å²) < 4.78 is 5.08. The van der Waals surface area contributed by atoms with Crippen molar-refractivity contribution in [1.29, 1.82) is 0 Å². The minimum absolute atomic E-state index is 0.0416. The average molecular weight is 335 g/mol. The van der Waals surface area contributed by atoms with Crippen molar-refractivity contribution in [3.8, 4) is 5.75 Å². The van der Waals surface area contributed by atoms with Crippen molar-refractivity contribution in [1.82, 2.24) is 4.90 Å². The Kier molecular flexibility index (Phi) is 5.73. The zero-order valence-electron chi connectivity index (χ0n) is 13.9. The summed E-state index contributed by atoms with van der Waals surface area (Å²) >= 11 is 0. The van der Waals surface area contributed by atoms with Crippen LogP contribution in [-0.2, 0) is 9.59 Å². The predicted octanol–water partition coefficient (Wildman–Crippen LogP) is 1.97. The van der Waals surface area contributed by atoms with Gasteiger partial charge in [-0.15, -0.1) is 0 Å². The van der Waals surface area contributed by atoms with Gasteiger partial charge in [-0.05, 0) is 18.9 Å². The maximum absolute atomic E-state index is 12.5. The van der Waals surface area contributed by atoms with Crippen LogP contribution in [0.3, 0.4) is 0 Å². The van der Waals surface area contributed by atoms with Gasteiger partial charge in [0, 0.05) is 19.2 Å². The van der Waals surface area contributed by atoms with Gasteiger partial charge >= 0.3 is 5.97 Å². The zero-order valence-corrected chi connectivity index (χ0v) is 13.9. The number of ether oxygens (including phenoxy) is 1. The molecule has 1 aliphatic heterocycles. The average Bonchev–Trinajstić information content (AvgIpc) is 2.53. The summed E-state index contributed by atoms with van der Waals surface area (Å²) in [6, 6.07) is 4.06. The molecular formula is C16H21N3O5. The van der Waals surface area contributed by atoms with Crippen LogP contribution in [0.2, 0.25) is 0 Å². The standard InChI is InChI=1S/C16H21N3O5/c1-3-7-17(8-4-2)15(20)10-18-11-16(21)24-14-9-12(19(22)23)5-6-13(14)18/h5-6,9H,3-4,7-8,10-11H2,1-2H3. The van der Waals surface area contributed by atoms with Crippen molar-refractivity contribution in [2.75, 3.05) is 31.1 Å². The Hall–Kier alpha value is -2.64. The summed E-state index contributed by atoms with van der Waals surface area (Å²) in [5.41, 5.74) is 0.356. The fraction of sp³-hybridized carbons (Fsp3) is 0.500. The zero-order chi connectivity index (χ0) is 17.7. The van der Waals surface area contributed by atoms with E-state index >= 15 is 0 Å². The van der Waals surface area contributed by atoms with Gasteiger partial charge in [0.2, 0.25) is 5.91 Å². The molecule has 130 valence electrons. The second-order valence-corrected chi connectivity index (χ2v) is 5.62. The number of rotatable bonds is 7. The smallest absolute Gasteiger partial charge is 0.331 e. The second-order valence-electron chi connectivity index (χ2n) is 5.62. The fourth-order valence-electron chi connectivity index (χ4n) is 2.66. The van der Waals surface area contributed by atoms with Crippen molar-refractivity contribution in [3.05, 3.63) is 28.3 Å². The molecule has 0 saturated carbocycles. The molecule has 1 aromatic rings. The molecule has 1 aliphatic rings. The molecule has 1 aromatic carbocycles. The molecule has 0 saturated heterocycles. The minimum Gasteiger partial charge on any atom is -0.423 e. The Labute approximate surface area is 140 Å². The normalized spacial score (nSPS) is 13.2. The van der Waals surface area contributed by atoms with Gasteiger partial charge < -0.3 is 14.5 Å². The van der Waals surface area contributed by atoms with Crippen LogP contribution < -0.4 is 9.64 Å². The number of carbonyl (C=O) groups excluding carboxylic acids is 2. The van der Waals surface area contributed by atoms with E-state index in [4.69, 9.17) is 4.74 Å². The number of hydrogen-bond donors (Lipinski definition) is 0. The van der Waals surface area contributed by atoms with Gasteiger partial charge in [-0.1, -0.05) is 13.8 Å². The van der Waals surface area contributed by atoms with Crippen LogP contribution in [-0.4, -0.2) is 47.9 Å². The fourth-order valence-corrected chi connectivity index (χ4v) is 2.66. The number of anilines is 1. The first-order chi connectivity index (χ1) is 11.5. The van der Waals surface area contributed by atoms with E-state index in [1.807, 2.05) is 13.8 Å². The summed E-state index contributed by atoms with van der Waals surface area (Å²) in [5, 5.41) is 10.9. The lowest BCUT2D eigenvalue weighted by molar-refractivity contribution is -0.384. The quantitative estimate of drug-likeness (QED) is 0.327. The first-order valence-corrected chi connectivity index (χ1v) is 7.98. The molecular weight excluding hydrogens is 314 g/mol. The lowest BCUT2D eigenvalue weighted by Crippen LogP contribution is -2.45. The summed E-state index contributed by atoms with van der Waals surface area (Å²) in [7, 11) is 0. The number of carbonyl (C=O) groups is 2. The number of nitro benzene ring substituents is 1. The highest BCUT2D eigenvalue weighted by atomic mass is 16.6. The molecule has 8 heteroatoms. The van der Waals surface area contributed by atoms with E-state index < -0.39 is 10.9 Å². The Balaban J connectivity index is 2.21. The highest BCUT2D eigenvalue weighted by Gasteiger charge is 2.28. The van der Waals surface area contributed by atoms with Gasteiger partial charge in [-0.2, -0.15) is 0 Å². The van der Waals surface area contributed by atoms with Gasteiger partial charge in [-0.3, -0.25) is 14.9 Å². The molecule has 24 heavy (non-hydrogen) atoms. The molecule has 2 rings (SSSR count). The van der Waals surface area contributed by atoms with E-state index in [-0.39, 0.29) is 30.4 Å². The first kappa shape index (κ1) is 17.7. The lowest BCUT2D eigenvalue weighted by atomic mass is 10.2. The summed E-state index contributed by atoms with van der Waals surface area (Å²) in [4.78, 5) is 37.9. The van der Waals surface area contributed by atoms with Crippen LogP contribution in [0.25, 0.3) is 0 Å². The summed E-state index contributed by atoms with van der Waals surface area (Å²) in [6.07, 6.45) is 1.72. The summed E-state index contributed by atoms with van der Waals surface area (Å²) in [6.45, 7) is 5.32. The van der Waals surface area contributed by atoms with Crippen LogP contribution >= 0.6 is 0 Å². The minimum atomic E-state index is -0.553. The first-order valence-electron chi connectivity index (χ1n) is 7.98. The maximum atomic E-state index is 12.5. The van der Waals surface area contributed by atoms with Crippen LogP contribution in [0.4, 0.5) is 11.4 Å². The van der Waals surface area contributed by atoms with Crippen molar-refractivity contribution < 1.29 is 19.2 Å². The number of amides is 1. The molecule has 1 amide bonds. The van der Waals surface area contributed by atoms with Crippen LogP contribution in [0, 0.1) is 10.1 Å². The van der Waals surface area contributed by atoms with Gasteiger partial charge in [0.25, 0.3) is 5.69 Å². The van der Waals surface area contributed by atoms with Crippen molar-refractivity contribution in [3.63, 3.8) is 0 Å². The van der Waals surface area contributed by atoms with Gasteiger partial charge in [-0.25, -0.2) is 4.79 Å². The largest absolute Gasteiger partial charge is 0.423 e. The molecule has 8 nitrogen and oxygen atoms in total. The SMILES string of the molecule is CCCN(CCC)C(=O)CN1CC(=O)Oc2cc([N+](=O)[O-])ccc21. The molecule has 0 N–H and O–H groups in total. The molecule has 0 aromatic heterocycles. The number of nitro groups is 1. The molecule has 0 unspecified atom stereocenters. The number of esters is 1. The van der Waals surface area contributed by atoms with Gasteiger partial charge in [0.05, 0.1) is 23.2 Å². The molecule has 0 aliphatic carbocycles. The van der Waals surface area contributed by atoms with Crippen molar-refractivity contribution in [2.24, 2.45) is 0 Å². The molecule has 0 bridgehead atoms. The van der Waals surface area contributed by atoms with Gasteiger partial charge in [0.15, 0.2) is 5.75 Å². The van der Waals surface area contributed by atoms with Crippen molar-refractivity contribution in [2.45, 2.75) is 26.7 Å². The molecule has 0 spiro atoms. The van der Waals surface area contributed by atoms with E-state index in [0.717, 1.165) is 12.8 Å². The van der Waals surface area contributed by atoms with Crippen LogP contribution in [0.5, 0.6) is 5.75 Å². The third-order valence-electron chi connectivity index (χ3n) is 3.70. The lowest BCUT2D eigenvalue weighted by Gasteiger charge is -2.31. The third kappa shape index (κ3) is 4.01. The molecule has 1 heterocycles. The van der Waals surface area contributed by atoms with Crippen molar-refractivity contribution >= 4 is 23.3 Å². The maximum Gasteiger partial charge on any atom is 0.331 e. The number of non-ortho nitro benzene ring substituents is 1. The van der Waals surface area contributed by atoms with Crippen LogP contribution in [0.1, 0.15) is 26.7 Å². The number of fused-ring (bicyclic) bond motifs is 1. The predicted molar refractivity (Wildman–Crippen MR) is 88.1 cm³/mol. The van der Waals surface area contributed by atoms with E-state index in [2.05, 4.69) is 0 Å². The van der Waals surface area contributed by atoms with E-state index in [1.54, 1.807) is 9.80 Å². The number of benzene rings is 1. The topological polar surface area (TPSA) is 93.0 Å². The second kappa shape index (κ2) is 7.76. The van der Waals surface area contributed by atoms with E-state index in [1.165, 1.54) is 18.2 Å². The Morgan fingerprint density at radius 3 is 2.58 bits per heavy atom. The van der Waals surface area contributed by atoms with E-state index in [9.17, 15) is 19.7 Å². The van der Waals surface area contributed by atoms with E-state index in [0.29, 0.717) is 18.8 Å². The highest BCUT2D eigenvalue weighted by molar-refractivity contribution is 5.89. The molecule has 0 atom stereocenters. The molecule has 0 fully saturated rings.